The maximum atomic E-state index is 13.5. The van der Waals surface area contributed by atoms with Gasteiger partial charge in [0.25, 0.3) is 5.91 Å². The van der Waals surface area contributed by atoms with Crippen LogP contribution in [0.4, 0.5) is 19.0 Å². The standard InChI is InChI=1S/C28H28F3N4O4P/c1-14-20-13-18(38-22-8-9-33-24-19(22)5-7-23(36)34-24)4-6-21(20)39-26(14)40-35-25(37)15-10-16(27(2,3)32)12-17(11-15)28(29,30)31/h4,6,8-14,26,40H,5,7,32H2,1-3H3,(H,35,37)(H,33,34,36). The predicted molar refractivity (Wildman–Crippen MR) is 145 cm³/mol. The average Bonchev–Trinajstić information content (AvgIpc) is 3.20. The van der Waals surface area contributed by atoms with E-state index in [1.165, 1.54) is 6.07 Å². The number of hydrogen-bond acceptors (Lipinski definition) is 6. The van der Waals surface area contributed by atoms with Gasteiger partial charge in [-0.1, -0.05) is 6.92 Å². The van der Waals surface area contributed by atoms with Crippen LogP contribution in [0.2, 0.25) is 0 Å². The largest absolute Gasteiger partial charge is 0.484 e. The van der Waals surface area contributed by atoms with Gasteiger partial charge in [0.2, 0.25) is 5.91 Å². The first-order valence-electron chi connectivity index (χ1n) is 12.6. The minimum atomic E-state index is -4.62. The van der Waals surface area contributed by atoms with Gasteiger partial charge in [-0.05, 0) is 68.3 Å². The number of alkyl halides is 3. The summed E-state index contributed by atoms with van der Waals surface area (Å²) in [5, 5.41) is 5.49. The first kappa shape index (κ1) is 27.9. The maximum absolute atomic E-state index is 13.5. The van der Waals surface area contributed by atoms with E-state index in [0.717, 1.165) is 23.3 Å². The Morgan fingerprint density at radius 1 is 1.15 bits per heavy atom. The normalized spacial score (nSPS) is 18.6. The zero-order valence-corrected chi connectivity index (χ0v) is 23.0. The maximum Gasteiger partial charge on any atom is 0.416 e. The van der Waals surface area contributed by atoms with E-state index in [-0.39, 0.29) is 31.7 Å². The second-order valence-electron chi connectivity index (χ2n) is 10.4. The first-order valence-corrected chi connectivity index (χ1v) is 13.7. The molecule has 2 amide bonds. The summed E-state index contributed by atoms with van der Waals surface area (Å²) >= 11 is 0. The van der Waals surface area contributed by atoms with Gasteiger partial charge in [0.05, 0.1) is 5.56 Å². The van der Waals surface area contributed by atoms with Crippen LogP contribution in [-0.4, -0.2) is 22.6 Å². The molecule has 0 spiro atoms. The van der Waals surface area contributed by atoms with Gasteiger partial charge < -0.3 is 25.6 Å². The molecule has 40 heavy (non-hydrogen) atoms. The summed E-state index contributed by atoms with van der Waals surface area (Å²) in [6, 6.07) is 10.3. The molecule has 5 rings (SSSR count). The molecule has 210 valence electrons. The number of carbonyl (C=O) groups is 2. The molecule has 2 aliphatic rings. The lowest BCUT2D eigenvalue weighted by Gasteiger charge is -2.22. The summed E-state index contributed by atoms with van der Waals surface area (Å²) in [6.45, 7) is 5.11. The van der Waals surface area contributed by atoms with Gasteiger partial charge >= 0.3 is 6.18 Å². The van der Waals surface area contributed by atoms with E-state index in [2.05, 4.69) is 15.4 Å². The molecule has 0 fully saturated rings. The van der Waals surface area contributed by atoms with E-state index >= 15 is 0 Å². The molecule has 3 heterocycles. The summed E-state index contributed by atoms with van der Waals surface area (Å²) in [5.74, 6) is 1.05. The Balaban J connectivity index is 1.28. The second-order valence-corrected chi connectivity index (χ2v) is 11.5. The lowest BCUT2D eigenvalue weighted by molar-refractivity contribution is -0.137. The van der Waals surface area contributed by atoms with Crippen molar-refractivity contribution in [2.24, 2.45) is 5.73 Å². The van der Waals surface area contributed by atoms with Gasteiger partial charge in [-0.25, -0.2) is 4.98 Å². The molecular formula is C28H28F3N4O4P. The summed E-state index contributed by atoms with van der Waals surface area (Å²) < 4.78 is 52.6. The van der Waals surface area contributed by atoms with E-state index < -0.39 is 29.0 Å². The number of halogens is 3. The number of nitrogens with one attached hydrogen (secondary N) is 2. The Labute approximate surface area is 230 Å². The molecule has 3 atom stereocenters. The molecule has 2 aliphatic heterocycles. The van der Waals surface area contributed by atoms with Crippen molar-refractivity contribution >= 4 is 26.4 Å². The number of nitrogens with zero attached hydrogens (tertiary/aromatic N) is 1. The number of carbonyl (C=O) groups excluding carboxylic acids is 2. The van der Waals surface area contributed by atoms with Crippen LogP contribution in [0, 0.1) is 0 Å². The molecule has 0 bridgehead atoms. The molecule has 4 N–H and O–H groups in total. The van der Waals surface area contributed by atoms with Crippen LogP contribution in [0.3, 0.4) is 0 Å². The zero-order valence-electron chi connectivity index (χ0n) is 22.0. The van der Waals surface area contributed by atoms with E-state index in [0.29, 0.717) is 35.9 Å². The third kappa shape index (κ3) is 5.76. The van der Waals surface area contributed by atoms with Crippen LogP contribution in [0.5, 0.6) is 17.2 Å². The summed E-state index contributed by atoms with van der Waals surface area (Å²) in [7, 11) is -0.217. The number of amides is 2. The van der Waals surface area contributed by atoms with Crippen LogP contribution in [0.1, 0.15) is 65.7 Å². The fourth-order valence-electron chi connectivity index (χ4n) is 4.59. The number of hydrogen-bond donors (Lipinski definition) is 3. The van der Waals surface area contributed by atoms with Crippen molar-refractivity contribution in [1.82, 2.24) is 10.1 Å². The number of pyridine rings is 1. The Hall–Kier alpha value is -3.69. The van der Waals surface area contributed by atoms with Crippen LogP contribution in [0.15, 0.2) is 48.7 Å². The molecule has 0 saturated heterocycles. The molecule has 12 heteroatoms. The molecule has 3 aromatic rings. The number of anilines is 1. The molecule has 2 aromatic carbocycles. The average molecular weight is 573 g/mol. The fourth-order valence-corrected chi connectivity index (χ4v) is 5.63. The number of rotatable bonds is 6. The van der Waals surface area contributed by atoms with Crippen molar-refractivity contribution in [1.29, 1.82) is 0 Å². The van der Waals surface area contributed by atoms with Crippen molar-refractivity contribution < 1.29 is 32.2 Å². The Kier molecular flexibility index (Phi) is 7.22. The van der Waals surface area contributed by atoms with Crippen LogP contribution in [0.25, 0.3) is 0 Å². The fraction of sp³-hybridized carbons (Fsp3) is 0.321. The van der Waals surface area contributed by atoms with Gasteiger partial charge in [0.1, 0.15) is 28.9 Å². The predicted octanol–water partition coefficient (Wildman–Crippen LogP) is 5.82. The number of benzene rings is 2. The number of aromatic nitrogens is 1. The lowest BCUT2D eigenvalue weighted by Crippen LogP contribution is -2.30. The molecule has 8 nitrogen and oxygen atoms in total. The number of ether oxygens (including phenoxy) is 2. The van der Waals surface area contributed by atoms with E-state index in [1.54, 1.807) is 38.2 Å². The van der Waals surface area contributed by atoms with Crippen LogP contribution in [-0.2, 0) is 22.9 Å². The highest BCUT2D eigenvalue weighted by Crippen LogP contribution is 2.46. The van der Waals surface area contributed by atoms with Crippen molar-refractivity contribution in [3.05, 3.63) is 76.5 Å². The lowest BCUT2D eigenvalue weighted by atomic mass is 9.92. The van der Waals surface area contributed by atoms with Gasteiger partial charge in [-0.2, -0.15) is 13.2 Å². The number of nitrogens with two attached hydrogens (primary N) is 1. The Bertz CT molecular complexity index is 1460. The van der Waals surface area contributed by atoms with Crippen molar-refractivity contribution in [3.63, 3.8) is 0 Å². The van der Waals surface area contributed by atoms with Gasteiger partial charge in [0.15, 0.2) is 0 Å². The molecule has 3 unspecified atom stereocenters. The van der Waals surface area contributed by atoms with Crippen LogP contribution >= 0.6 is 8.73 Å². The minimum absolute atomic E-state index is 0.0867. The monoisotopic (exact) mass is 572 g/mol. The van der Waals surface area contributed by atoms with Crippen molar-refractivity contribution in [2.75, 3.05) is 5.32 Å². The van der Waals surface area contributed by atoms with Gasteiger partial charge in [0, 0.05) is 49.5 Å². The SMILES string of the molecule is CC1c2cc(Oc3ccnc4c3CCC(=O)N4)ccc2OC1PNC(=O)c1cc(C(C)(C)N)cc(C(F)(F)F)c1. The third-order valence-corrected chi connectivity index (χ3v) is 8.15. The zero-order chi connectivity index (χ0) is 28.8. The molecule has 1 aromatic heterocycles. The second kappa shape index (κ2) is 10.4. The van der Waals surface area contributed by atoms with E-state index in [1.807, 2.05) is 13.0 Å². The molecule has 0 aliphatic carbocycles. The summed E-state index contributed by atoms with van der Waals surface area (Å²) in [4.78, 5) is 28.8. The Morgan fingerprint density at radius 2 is 1.90 bits per heavy atom. The van der Waals surface area contributed by atoms with Gasteiger partial charge in [-0.15, -0.1) is 0 Å². The Morgan fingerprint density at radius 3 is 2.62 bits per heavy atom. The van der Waals surface area contributed by atoms with E-state index in [4.69, 9.17) is 15.2 Å². The molecular weight excluding hydrogens is 544 g/mol. The smallest absolute Gasteiger partial charge is 0.416 e. The quantitative estimate of drug-likeness (QED) is 0.321. The highest BCUT2D eigenvalue weighted by Gasteiger charge is 2.35. The highest BCUT2D eigenvalue weighted by atomic mass is 31.1. The number of fused-ring (bicyclic) bond motifs is 2. The minimum Gasteiger partial charge on any atom is -0.484 e. The van der Waals surface area contributed by atoms with Crippen molar-refractivity contribution in [3.8, 4) is 17.2 Å². The van der Waals surface area contributed by atoms with Crippen molar-refractivity contribution in [2.45, 2.75) is 57.1 Å². The topological polar surface area (TPSA) is 116 Å². The first-order chi connectivity index (χ1) is 18.8. The molecule has 0 saturated carbocycles. The summed E-state index contributed by atoms with van der Waals surface area (Å²) in [5.41, 5.74) is 5.83. The third-order valence-electron chi connectivity index (χ3n) is 6.87. The highest BCUT2D eigenvalue weighted by molar-refractivity contribution is 7.37. The van der Waals surface area contributed by atoms with Crippen LogP contribution < -0.4 is 25.6 Å². The molecule has 0 radical (unpaired) electrons. The van der Waals surface area contributed by atoms with Gasteiger partial charge in [-0.3, -0.25) is 9.59 Å². The van der Waals surface area contributed by atoms with E-state index in [9.17, 15) is 22.8 Å². The summed E-state index contributed by atoms with van der Waals surface area (Å²) in [6.07, 6.45) is -2.18.